The number of carbonyl (C=O) groups excluding carboxylic acids is 1. The molecule has 0 spiro atoms. The first kappa shape index (κ1) is 13.0. The molecule has 0 aromatic heterocycles. The number of hydrogen-bond donors (Lipinski definition) is 0. The van der Waals surface area contributed by atoms with Crippen LogP contribution in [0.2, 0.25) is 0 Å². The molecule has 1 rings (SSSR count). The maximum absolute atomic E-state index is 13.0. The summed E-state index contributed by atoms with van der Waals surface area (Å²) in [6.07, 6.45) is 0. The lowest BCUT2D eigenvalue weighted by atomic mass is 10.3. The second kappa shape index (κ2) is 5.30. The summed E-state index contributed by atoms with van der Waals surface area (Å²) in [5, 5.41) is 8.73. The van der Waals surface area contributed by atoms with Crippen LogP contribution in [0.5, 0.6) is 0 Å². The van der Waals surface area contributed by atoms with Crippen LogP contribution in [0, 0.1) is 17.1 Å². The number of nitrogens with zero attached hydrogens (tertiary/aromatic N) is 3. The van der Waals surface area contributed by atoms with Crippen molar-refractivity contribution < 1.29 is 9.18 Å². The zero-order valence-corrected chi connectivity index (χ0v) is 10.0. The molecular weight excluding hydrogens is 221 g/mol. The molecule has 0 saturated carbocycles. The third-order valence-electron chi connectivity index (χ3n) is 2.55. The highest BCUT2D eigenvalue weighted by Gasteiger charge is 2.20. The van der Waals surface area contributed by atoms with Gasteiger partial charge in [-0.1, -0.05) is 6.07 Å². The SMILES string of the molecule is C[C@H](C#N)N(C)C(=O)N(C)c1cccc(F)c1. The summed E-state index contributed by atoms with van der Waals surface area (Å²) in [6, 6.07) is 6.82. The Kier molecular flexibility index (Phi) is 4.05. The Morgan fingerprint density at radius 2 is 2.12 bits per heavy atom. The summed E-state index contributed by atoms with van der Waals surface area (Å²) >= 11 is 0. The summed E-state index contributed by atoms with van der Waals surface area (Å²) in [6.45, 7) is 1.62. The van der Waals surface area contributed by atoms with Crippen LogP contribution in [-0.4, -0.2) is 31.1 Å². The lowest BCUT2D eigenvalue weighted by Crippen LogP contribution is -2.43. The topological polar surface area (TPSA) is 47.3 Å². The van der Waals surface area contributed by atoms with Gasteiger partial charge >= 0.3 is 6.03 Å². The van der Waals surface area contributed by atoms with E-state index in [-0.39, 0.29) is 6.03 Å². The van der Waals surface area contributed by atoms with Gasteiger partial charge in [0.1, 0.15) is 11.9 Å². The Hall–Kier alpha value is -2.09. The number of amides is 2. The molecule has 1 aromatic rings. The van der Waals surface area contributed by atoms with Crippen LogP contribution < -0.4 is 4.90 Å². The zero-order valence-electron chi connectivity index (χ0n) is 10.0. The van der Waals surface area contributed by atoms with Crippen molar-refractivity contribution in [3.05, 3.63) is 30.1 Å². The number of hydrogen-bond acceptors (Lipinski definition) is 2. The second-order valence-corrected chi connectivity index (χ2v) is 3.74. The maximum Gasteiger partial charge on any atom is 0.325 e. The predicted molar refractivity (Wildman–Crippen MR) is 63.0 cm³/mol. The van der Waals surface area contributed by atoms with Crippen molar-refractivity contribution in [2.24, 2.45) is 0 Å². The molecule has 0 saturated heterocycles. The van der Waals surface area contributed by atoms with Crippen molar-refractivity contribution in [2.45, 2.75) is 13.0 Å². The van der Waals surface area contributed by atoms with Crippen molar-refractivity contribution >= 4 is 11.7 Å². The van der Waals surface area contributed by atoms with E-state index in [1.807, 2.05) is 6.07 Å². The van der Waals surface area contributed by atoms with Crippen molar-refractivity contribution in [2.75, 3.05) is 19.0 Å². The molecule has 2 amide bonds. The molecule has 1 atom stereocenters. The largest absolute Gasteiger partial charge is 0.325 e. The van der Waals surface area contributed by atoms with Crippen LogP contribution in [0.25, 0.3) is 0 Å². The van der Waals surface area contributed by atoms with Crippen LogP contribution >= 0.6 is 0 Å². The van der Waals surface area contributed by atoms with Gasteiger partial charge in [-0.2, -0.15) is 5.26 Å². The molecule has 0 radical (unpaired) electrons. The van der Waals surface area contributed by atoms with Gasteiger partial charge in [0.2, 0.25) is 0 Å². The summed E-state index contributed by atoms with van der Waals surface area (Å²) < 4.78 is 13.0. The van der Waals surface area contributed by atoms with E-state index in [0.29, 0.717) is 5.69 Å². The monoisotopic (exact) mass is 235 g/mol. The van der Waals surface area contributed by atoms with Gasteiger partial charge in [-0.05, 0) is 25.1 Å². The average molecular weight is 235 g/mol. The van der Waals surface area contributed by atoms with E-state index >= 15 is 0 Å². The van der Waals surface area contributed by atoms with E-state index in [4.69, 9.17) is 5.26 Å². The number of halogens is 1. The number of rotatable bonds is 2. The summed E-state index contributed by atoms with van der Waals surface area (Å²) in [7, 11) is 3.07. The fourth-order valence-electron chi connectivity index (χ4n) is 1.28. The number of nitriles is 1. The fourth-order valence-corrected chi connectivity index (χ4v) is 1.28. The molecule has 0 unspecified atom stereocenters. The van der Waals surface area contributed by atoms with E-state index in [2.05, 4.69) is 0 Å². The van der Waals surface area contributed by atoms with E-state index in [9.17, 15) is 9.18 Å². The minimum absolute atomic E-state index is 0.357. The predicted octanol–water partition coefficient (Wildman–Crippen LogP) is 2.23. The van der Waals surface area contributed by atoms with Crippen LogP contribution in [0.15, 0.2) is 24.3 Å². The Balaban J connectivity index is 2.87. The van der Waals surface area contributed by atoms with Crippen LogP contribution in [-0.2, 0) is 0 Å². The van der Waals surface area contributed by atoms with Crippen molar-refractivity contribution in [3.63, 3.8) is 0 Å². The third kappa shape index (κ3) is 2.94. The minimum Gasteiger partial charge on any atom is -0.312 e. The van der Waals surface area contributed by atoms with Crippen molar-refractivity contribution in [1.82, 2.24) is 4.90 Å². The van der Waals surface area contributed by atoms with Gasteiger partial charge < -0.3 is 4.90 Å². The first-order valence-electron chi connectivity index (χ1n) is 5.13. The Bertz CT molecular complexity index is 455. The Morgan fingerprint density at radius 1 is 1.47 bits per heavy atom. The smallest absolute Gasteiger partial charge is 0.312 e. The van der Waals surface area contributed by atoms with Gasteiger partial charge in [0.15, 0.2) is 0 Å². The molecule has 0 fully saturated rings. The van der Waals surface area contributed by atoms with Crippen molar-refractivity contribution in [3.8, 4) is 6.07 Å². The highest BCUT2D eigenvalue weighted by atomic mass is 19.1. The van der Waals surface area contributed by atoms with E-state index in [1.165, 1.54) is 42.1 Å². The van der Waals surface area contributed by atoms with E-state index in [0.717, 1.165) is 0 Å². The Morgan fingerprint density at radius 3 is 2.65 bits per heavy atom. The number of carbonyl (C=O) groups is 1. The Labute approximate surface area is 99.9 Å². The molecular formula is C12H14FN3O. The number of benzene rings is 1. The molecule has 0 heterocycles. The molecule has 0 N–H and O–H groups in total. The molecule has 1 aromatic carbocycles. The van der Waals surface area contributed by atoms with Gasteiger partial charge in [0, 0.05) is 19.8 Å². The van der Waals surface area contributed by atoms with Gasteiger partial charge in [0.25, 0.3) is 0 Å². The van der Waals surface area contributed by atoms with Gasteiger partial charge in [-0.25, -0.2) is 9.18 Å². The number of urea groups is 1. The average Bonchev–Trinajstić information content (AvgIpc) is 2.35. The zero-order chi connectivity index (χ0) is 13.0. The first-order valence-corrected chi connectivity index (χ1v) is 5.13. The molecule has 4 nitrogen and oxygen atoms in total. The highest BCUT2D eigenvalue weighted by Crippen LogP contribution is 2.15. The van der Waals surface area contributed by atoms with Crippen LogP contribution in [0.1, 0.15) is 6.92 Å². The molecule has 5 heteroatoms. The third-order valence-corrected chi connectivity index (χ3v) is 2.55. The number of anilines is 1. The van der Waals surface area contributed by atoms with E-state index < -0.39 is 11.9 Å². The van der Waals surface area contributed by atoms with Crippen LogP contribution in [0.4, 0.5) is 14.9 Å². The van der Waals surface area contributed by atoms with Crippen LogP contribution in [0.3, 0.4) is 0 Å². The second-order valence-electron chi connectivity index (χ2n) is 3.74. The fraction of sp³-hybridized carbons (Fsp3) is 0.333. The summed E-state index contributed by atoms with van der Waals surface area (Å²) in [5.41, 5.74) is 0.451. The molecule has 90 valence electrons. The molecule has 0 aliphatic heterocycles. The lowest BCUT2D eigenvalue weighted by molar-refractivity contribution is 0.211. The van der Waals surface area contributed by atoms with Gasteiger partial charge in [0.05, 0.1) is 6.07 Å². The van der Waals surface area contributed by atoms with E-state index in [1.54, 1.807) is 13.0 Å². The lowest BCUT2D eigenvalue weighted by Gasteiger charge is -2.26. The maximum atomic E-state index is 13.0. The van der Waals surface area contributed by atoms with Crippen molar-refractivity contribution in [1.29, 1.82) is 5.26 Å². The normalized spacial score (nSPS) is 11.5. The molecule has 0 aliphatic carbocycles. The summed E-state index contributed by atoms with van der Waals surface area (Å²) in [4.78, 5) is 14.5. The molecule has 17 heavy (non-hydrogen) atoms. The summed E-state index contributed by atoms with van der Waals surface area (Å²) in [5.74, 6) is -0.405. The minimum atomic E-state index is -0.529. The highest BCUT2D eigenvalue weighted by molar-refractivity contribution is 5.91. The quantitative estimate of drug-likeness (QED) is 0.789. The molecule has 0 aliphatic rings. The first-order chi connectivity index (χ1) is 7.97. The van der Waals surface area contributed by atoms with Gasteiger partial charge in [-0.15, -0.1) is 0 Å². The standard InChI is InChI=1S/C12H14FN3O/c1-9(8-14)15(2)12(17)16(3)11-6-4-5-10(13)7-11/h4-7,9H,1-3H3/t9-/m1/s1. The molecule has 0 bridgehead atoms. The van der Waals surface area contributed by atoms with Gasteiger partial charge in [-0.3, -0.25) is 4.90 Å².